The number of carbonyl (C=O) groups is 3. The average molecular weight is 572 g/mol. The van der Waals surface area contributed by atoms with Crippen molar-refractivity contribution >= 4 is 46.8 Å². The zero-order valence-corrected chi connectivity index (χ0v) is 24.6. The van der Waals surface area contributed by atoms with Crippen molar-refractivity contribution in [2.24, 2.45) is 17.8 Å². The maximum Gasteiger partial charge on any atom is 0.251 e. The summed E-state index contributed by atoms with van der Waals surface area (Å²) in [4.78, 5) is 48.4. The lowest BCUT2D eigenvalue weighted by atomic mass is 9.78. The molecule has 7 nitrogen and oxygen atoms in total. The second-order valence-electron chi connectivity index (χ2n) is 11.2. The fraction of sp³-hybridized carbons (Fsp3) is 0.567. The summed E-state index contributed by atoms with van der Waals surface area (Å²) in [7, 11) is 0. The number of nitrogens with zero attached hydrogens (tertiary/aromatic N) is 3. The number of fused-ring (bicyclic) bond motifs is 2. The largest absolute Gasteiger partial charge is 0.394 e. The molecule has 9 heteroatoms. The van der Waals surface area contributed by atoms with Crippen LogP contribution in [0.3, 0.4) is 0 Å². The summed E-state index contributed by atoms with van der Waals surface area (Å²) in [5, 5.41) is 10.8. The molecule has 210 valence electrons. The van der Waals surface area contributed by atoms with Gasteiger partial charge in [0.05, 0.1) is 39.9 Å². The number of hydrogen-bond donors (Lipinski definition) is 1. The minimum absolute atomic E-state index is 0.0248. The summed E-state index contributed by atoms with van der Waals surface area (Å²) in [6.07, 6.45) is 9.62. The van der Waals surface area contributed by atoms with Gasteiger partial charge in [0.15, 0.2) is 0 Å². The number of para-hydroxylation sites is 1. The number of halogens is 1. The molecule has 4 aliphatic rings. The smallest absolute Gasteiger partial charge is 0.251 e. The number of aryl methyl sites for hydroxylation is 1. The van der Waals surface area contributed by atoms with E-state index in [2.05, 4.69) is 6.08 Å². The molecule has 0 radical (unpaired) electrons. The van der Waals surface area contributed by atoms with Gasteiger partial charge in [0, 0.05) is 24.9 Å². The first-order valence-corrected chi connectivity index (χ1v) is 15.3. The first-order valence-electron chi connectivity index (χ1n) is 14.0. The van der Waals surface area contributed by atoms with E-state index in [4.69, 9.17) is 11.6 Å². The van der Waals surface area contributed by atoms with Crippen LogP contribution >= 0.6 is 23.4 Å². The molecule has 2 saturated heterocycles. The van der Waals surface area contributed by atoms with Gasteiger partial charge in [-0.2, -0.15) is 0 Å². The van der Waals surface area contributed by atoms with E-state index in [1.165, 1.54) is 0 Å². The monoisotopic (exact) mass is 571 g/mol. The minimum Gasteiger partial charge on any atom is -0.394 e. The highest BCUT2D eigenvalue weighted by atomic mass is 35.5. The Bertz CT molecular complexity index is 1200. The molecule has 7 atom stereocenters. The van der Waals surface area contributed by atoms with Crippen LogP contribution in [0.5, 0.6) is 0 Å². The van der Waals surface area contributed by atoms with E-state index in [-0.39, 0.29) is 35.5 Å². The summed E-state index contributed by atoms with van der Waals surface area (Å²) in [6.45, 7) is 9.19. The highest BCUT2D eigenvalue weighted by molar-refractivity contribution is 8.02. The zero-order chi connectivity index (χ0) is 28.1. The van der Waals surface area contributed by atoms with Gasteiger partial charge >= 0.3 is 0 Å². The molecule has 0 aliphatic carbocycles. The molecule has 5 rings (SSSR count). The average Bonchev–Trinajstić information content (AvgIpc) is 3.23. The van der Waals surface area contributed by atoms with Crippen molar-refractivity contribution in [3.8, 4) is 0 Å². The van der Waals surface area contributed by atoms with Crippen LogP contribution in [-0.4, -0.2) is 80.9 Å². The van der Waals surface area contributed by atoms with Crippen LogP contribution in [0, 0.1) is 24.7 Å². The van der Waals surface area contributed by atoms with E-state index in [0.29, 0.717) is 30.3 Å². The molecule has 0 aromatic heterocycles. The van der Waals surface area contributed by atoms with Gasteiger partial charge in [0.2, 0.25) is 11.8 Å². The highest BCUT2D eigenvalue weighted by Gasteiger charge is 2.72. The van der Waals surface area contributed by atoms with Gasteiger partial charge in [-0.25, -0.2) is 0 Å². The number of rotatable bonds is 7. The van der Waals surface area contributed by atoms with Gasteiger partial charge in [0.1, 0.15) is 6.04 Å². The highest BCUT2D eigenvalue weighted by Crippen LogP contribution is 2.61. The van der Waals surface area contributed by atoms with Crippen LogP contribution in [0.1, 0.15) is 39.2 Å². The first kappa shape index (κ1) is 28.2. The van der Waals surface area contributed by atoms with Crippen molar-refractivity contribution in [3.63, 3.8) is 0 Å². The predicted molar refractivity (Wildman–Crippen MR) is 156 cm³/mol. The van der Waals surface area contributed by atoms with E-state index in [9.17, 15) is 19.5 Å². The fourth-order valence-corrected chi connectivity index (χ4v) is 9.25. The molecule has 2 fully saturated rings. The van der Waals surface area contributed by atoms with Crippen molar-refractivity contribution in [1.82, 2.24) is 9.80 Å². The molecule has 4 heterocycles. The molecule has 0 saturated carbocycles. The Labute approximate surface area is 240 Å². The minimum atomic E-state index is -0.927. The van der Waals surface area contributed by atoms with Crippen molar-refractivity contribution in [1.29, 1.82) is 0 Å². The number of anilines is 1. The van der Waals surface area contributed by atoms with E-state index in [0.717, 1.165) is 18.4 Å². The molecule has 39 heavy (non-hydrogen) atoms. The summed E-state index contributed by atoms with van der Waals surface area (Å²) in [6, 6.07) is 4.14. The summed E-state index contributed by atoms with van der Waals surface area (Å²) in [5.74, 6) is -1.76. The molecule has 3 amide bonds. The number of hydrogen-bond acceptors (Lipinski definition) is 5. The van der Waals surface area contributed by atoms with Gasteiger partial charge in [-0.1, -0.05) is 75.2 Å². The van der Waals surface area contributed by atoms with Gasteiger partial charge < -0.3 is 19.8 Å². The Kier molecular flexibility index (Phi) is 7.92. The summed E-state index contributed by atoms with van der Waals surface area (Å²) >= 11 is 8.21. The number of benzene rings is 1. The van der Waals surface area contributed by atoms with Gasteiger partial charge in [-0.05, 0) is 30.9 Å². The lowest BCUT2D eigenvalue weighted by Crippen LogP contribution is -2.58. The van der Waals surface area contributed by atoms with Crippen molar-refractivity contribution in [3.05, 3.63) is 53.1 Å². The summed E-state index contributed by atoms with van der Waals surface area (Å²) < 4.78 is -0.927. The Balaban J connectivity index is 1.67. The van der Waals surface area contributed by atoms with Crippen molar-refractivity contribution in [2.75, 3.05) is 31.1 Å². The molecule has 1 unspecified atom stereocenters. The Morgan fingerprint density at radius 1 is 1.13 bits per heavy atom. The molecular formula is C30H38ClN3O4S. The molecular weight excluding hydrogens is 534 g/mol. The maximum atomic E-state index is 14.7. The second-order valence-corrected chi connectivity index (χ2v) is 13.1. The Morgan fingerprint density at radius 3 is 2.56 bits per heavy atom. The zero-order valence-electron chi connectivity index (χ0n) is 23.0. The Morgan fingerprint density at radius 2 is 1.90 bits per heavy atom. The molecule has 1 N–H and O–H groups in total. The lowest BCUT2D eigenvalue weighted by Gasteiger charge is -2.40. The Hall–Kier alpha value is -2.29. The number of aliphatic hydroxyl groups excluding tert-OH is 1. The molecule has 0 bridgehead atoms. The quantitative estimate of drug-likeness (QED) is 0.499. The molecule has 1 spiro atoms. The van der Waals surface area contributed by atoms with Crippen LogP contribution in [0.4, 0.5) is 5.69 Å². The number of carbonyl (C=O) groups excluding carboxylic acids is 3. The van der Waals surface area contributed by atoms with E-state index in [1.807, 2.05) is 63.0 Å². The third-order valence-electron chi connectivity index (χ3n) is 8.98. The normalized spacial score (nSPS) is 31.6. The van der Waals surface area contributed by atoms with E-state index in [1.54, 1.807) is 27.6 Å². The van der Waals surface area contributed by atoms with Crippen molar-refractivity contribution < 1.29 is 19.5 Å². The van der Waals surface area contributed by atoms with Gasteiger partial charge in [-0.3, -0.25) is 14.4 Å². The topological polar surface area (TPSA) is 81.2 Å². The van der Waals surface area contributed by atoms with Crippen LogP contribution in [-0.2, 0) is 14.4 Å². The summed E-state index contributed by atoms with van der Waals surface area (Å²) in [5.41, 5.74) is 1.50. The second kappa shape index (κ2) is 10.9. The van der Waals surface area contributed by atoms with Crippen LogP contribution in [0.2, 0.25) is 5.02 Å². The molecule has 1 aromatic carbocycles. The van der Waals surface area contributed by atoms with Gasteiger partial charge in [-0.15, -0.1) is 11.8 Å². The number of likely N-dealkylation sites (tertiary alicyclic amines) is 1. The number of amides is 3. The fourth-order valence-electron chi connectivity index (χ4n) is 6.94. The SMILES string of the molecule is CCCN1CC=C[C@H]2S[C@]34C=CCN(c5c(C)cccc5Cl)C(=O)C3N([C@@H](CO)[C@@H](C)CC)C(=O)[C@@H]4[C@H]2C1=O. The molecule has 1 aromatic rings. The standard InChI is InChI=1S/C30H38ClN3O4S/c1-5-14-32-15-8-12-22-23(27(32)36)24-28(37)34(21(17-35)18(3)6-2)26-29(38)33(16-9-13-30(24,26)39-22)25-19(4)10-7-11-20(25)31/h7-13,18,21-24,26,35H,5-6,14-17H2,1-4H3/t18-,21-,22+,23-,24-,26?,30-/m0/s1. The van der Waals surface area contributed by atoms with E-state index >= 15 is 0 Å². The van der Waals surface area contributed by atoms with Crippen molar-refractivity contribution in [2.45, 2.75) is 62.6 Å². The third kappa shape index (κ3) is 4.34. The van der Waals surface area contributed by atoms with Crippen LogP contribution < -0.4 is 4.90 Å². The van der Waals surface area contributed by atoms with Crippen LogP contribution in [0.25, 0.3) is 0 Å². The predicted octanol–water partition coefficient (Wildman–Crippen LogP) is 4.06. The van der Waals surface area contributed by atoms with E-state index < -0.39 is 28.7 Å². The van der Waals surface area contributed by atoms with Crippen LogP contribution in [0.15, 0.2) is 42.5 Å². The molecule has 4 aliphatic heterocycles. The number of thioether (sulfide) groups is 1. The van der Waals surface area contributed by atoms with Gasteiger partial charge in [0.25, 0.3) is 5.91 Å². The third-order valence-corrected chi connectivity index (χ3v) is 11.0. The first-order chi connectivity index (χ1) is 18.7. The lowest BCUT2D eigenvalue weighted by molar-refractivity contribution is -0.145. The number of aliphatic hydroxyl groups is 1. The maximum absolute atomic E-state index is 14.7.